The number of nitrogens with one attached hydrogen (secondary N) is 1. The highest BCUT2D eigenvalue weighted by Crippen LogP contribution is 2.41. The van der Waals surface area contributed by atoms with Gasteiger partial charge in [0.25, 0.3) is 5.91 Å². The minimum Gasteiger partial charge on any atom is -0.360 e. The van der Waals surface area contributed by atoms with Crippen LogP contribution in [0.1, 0.15) is 62.4 Å². The molecule has 0 radical (unpaired) electrons. The molecule has 0 saturated heterocycles. The van der Waals surface area contributed by atoms with Crippen LogP contribution in [0.5, 0.6) is 0 Å². The third-order valence-corrected chi connectivity index (χ3v) is 8.76. The fourth-order valence-electron chi connectivity index (χ4n) is 4.89. The van der Waals surface area contributed by atoms with Crippen molar-refractivity contribution in [3.63, 3.8) is 0 Å². The van der Waals surface area contributed by atoms with E-state index in [0.717, 1.165) is 27.3 Å². The molecular formula is C24H35BrN4O2S. The van der Waals surface area contributed by atoms with Crippen LogP contribution in [0.2, 0.25) is 0 Å². The van der Waals surface area contributed by atoms with E-state index in [2.05, 4.69) is 57.1 Å². The topological polar surface area (TPSA) is 65.0 Å². The molecule has 1 amide bonds. The van der Waals surface area contributed by atoms with Crippen LogP contribution in [0.3, 0.4) is 0 Å². The summed E-state index contributed by atoms with van der Waals surface area (Å²) in [5.74, 6) is -0.530. The number of nitrogens with zero attached hydrogens (tertiary/aromatic N) is 3. The number of thiophene rings is 1. The van der Waals surface area contributed by atoms with Crippen LogP contribution < -0.4 is 10.2 Å². The second kappa shape index (κ2) is 10.6. The summed E-state index contributed by atoms with van der Waals surface area (Å²) >= 11 is 5.28. The van der Waals surface area contributed by atoms with E-state index >= 15 is 0 Å². The van der Waals surface area contributed by atoms with Crippen molar-refractivity contribution in [2.45, 2.75) is 65.5 Å². The molecule has 1 aliphatic heterocycles. The Morgan fingerprint density at radius 1 is 1.19 bits per heavy atom. The summed E-state index contributed by atoms with van der Waals surface area (Å²) < 4.78 is 0.846. The second-order valence-electron chi connectivity index (χ2n) is 9.10. The van der Waals surface area contributed by atoms with Crippen LogP contribution in [0.15, 0.2) is 20.6 Å². The van der Waals surface area contributed by atoms with E-state index in [9.17, 15) is 9.59 Å². The Bertz CT molecular complexity index is 929. The molecule has 8 heteroatoms. The van der Waals surface area contributed by atoms with E-state index in [1.807, 2.05) is 20.8 Å². The molecule has 0 spiro atoms. The fraction of sp³-hybridized carbons (Fsp3) is 0.625. The van der Waals surface area contributed by atoms with Gasteiger partial charge in [0.2, 0.25) is 0 Å². The molecule has 1 aliphatic carbocycles. The number of ketones is 1. The summed E-state index contributed by atoms with van der Waals surface area (Å²) in [6.45, 7) is 9.07. The molecule has 1 saturated carbocycles. The Labute approximate surface area is 204 Å². The lowest BCUT2D eigenvalue weighted by atomic mass is 9.89. The van der Waals surface area contributed by atoms with Gasteiger partial charge in [-0.25, -0.2) is 0 Å². The minimum atomic E-state index is -0.390. The fourth-order valence-corrected chi connectivity index (χ4v) is 6.99. The number of rotatable bonds is 7. The van der Waals surface area contributed by atoms with Crippen molar-refractivity contribution in [3.8, 4) is 0 Å². The Hall–Kier alpha value is -1.51. The van der Waals surface area contributed by atoms with Gasteiger partial charge in [-0.05, 0) is 89.0 Å². The lowest BCUT2D eigenvalue weighted by Crippen LogP contribution is -2.42. The van der Waals surface area contributed by atoms with Gasteiger partial charge in [0.1, 0.15) is 0 Å². The molecule has 2 heterocycles. The third-order valence-electron chi connectivity index (χ3n) is 6.76. The number of anilines is 1. The number of aliphatic imine (C=N–C) groups is 1. The Morgan fingerprint density at radius 3 is 2.38 bits per heavy atom. The molecular weight excluding hydrogens is 488 g/mol. The molecule has 1 N–H and O–H groups in total. The van der Waals surface area contributed by atoms with E-state index in [4.69, 9.17) is 0 Å². The van der Waals surface area contributed by atoms with Gasteiger partial charge >= 0.3 is 0 Å². The van der Waals surface area contributed by atoms with Gasteiger partial charge in [0.05, 0.1) is 20.3 Å². The largest absolute Gasteiger partial charge is 0.360 e. The first-order valence-corrected chi connectivity index (χ1v) is 13.0. The molecule has 0 aromatic carbocycles. The first-order chi connectivity index (χ1) is 15.1. The van der Waals surface area contributed by atoms with Gasteiger partial charge < -0.3 is 15.1 Å². The number of amides is 1. The lowest BCUT2D eigenvalue weighted by molar-refractivity contribution is -0.116. The molecule has 1 aromatic heterocycles. The maximum atomic E-state index is 13.1. The van der Waals surface area contributed by atoms with Gasteiger partial charge in [-0.1, -0.05) is 0 Å². The van der Waals surface area contributed by atoms with Crippen LogP contribution >= 0.6 is 27.3 Å². The molecule has 32 heavy (non-hydrogen) atoms. The van der Waals surface area contributed by atoms with Crippen LogP contribution in [0.25, 0.3) is 0 Å². The smallest absolute Gasteiger partial charge is 0.253 e. The number of halogens is 1. The Balaban J connectivity index is 1.71. The summed E-state index contributed by atoms with van der Waals surface area (Å²) in [4.78, 5) is 34.7. The normalized spacial score (nSPS) is 23.8. The zero-order valence-corrected chi connectivity index (χ0v) is 22.4. The van der Waals surface area contributed by atoms with Crippen molar-refractivity contribution in [3.05, 3.63) is 26.7 Å². The molecule has 1 unspecified atom stereocenters. The number of hydrogen-bond acceptors (Lipinski definition) is 6. The standard InChI is InChI=1S/C24H35BrN4O2S/c1-7-29(18-10-8-17(9-11-18)28(5)6)24-15(3)21(22(25)32-24)23(31)26-13-19-16(4)27-14(2)12-20(19)30/h12,17-19H,7-11,13H2,1-6H3,(H,26,31). The highest BCUT2D eigenvalue weighted by atomic mass is 79.9. The molecule has 176 valence electrons. The van der Waals surface area contributed by atoms with Gasteiger partial charge in [-0.15, -0.1) is 11.3 Å². The quantitative estimate of drug-likeness (QED) is 0.557. The lowest BCUT2D eigenvalue weighted by Gasteiger charge is -2.39. The summed E-state index contributed by atoms with van der Waals surface area (Å²) in [7, 11) is 4.33. The SMILES string of the molecule is CCN(c1sc(Br)c(C(=O)NCC2C(=O)C=C(C)N=C2C)c1C)C1CCC(N(C)C)CC1. The zero-order chi connectivity index (χ0) is 23.6. The maximum Gasteiger partial charge on any atom is 0.253 e. The van der Waals surface area contributed by atoms with E-state index < -0.39 is 0 Å². The maximum absolute atomic E-state index is 13.1. The second-order valence-corrected chi connectivity index (χ2v) is 11.4. The van der Waals surface area contributed by atoms with E-state index in [1.54, 1.807) is 17.4 Å². The highest BCUT2D eigenvalue weighted by Gasteiger charge is 2.31. The van der Waals surface area contributed by atoms with Crippen LogP contribution in [0.4, 0.5) is 5.00 Å². The molecule has 0 bridgehead atoms. The predicted octanol–water partition coefficient (Wildman–Crippen LogP) is 4.81. The van der Waals surface area contributed by atoms with Crippen molar-refractivity contribution in [2.75, 3.05) is 32.1 Å². The van der Waals surface area contributed by atoms with Gasteiger partial charge in [-0.2, -0.15) is 0 Å². The van der Waals surface area contributed by atoms with E-state index in [0.29, 0.717) is 17.6 Å². The highest BCUT2D eigenvalue weighted by molar-refractivity contribution is 9.11. The van der Waals surface area contributed by atoms with Crippen molar-refractivity contribution >= 4 is 49.7 Å². The van der Waals surface area contributed by atoms with Crippen LogP contribution in [-0.2, 0) is 4.79 Å². The first-order valence-electron chi connectivity index (χ1n) is 11.4. The van der Waals surface area contributed by atoms with Crippen molar-refractivity contribution in [1.29, 1.82) is 0 Å². The monoisotopic (exact) mass is 522 g/mol. The molecule has 6 nitrogen and oxygen atoms in total. The van der Waals surface area contributed by atoms with E-state index in [-0.39, 0.29) is 24.2 Å². The average Bonchev–Trinajstić information content (AvgIpc) is 3.02. The predicted molar refractivity (Wildman–Crippen MR) is 137 cm³/mol. The zero-order valence-electron chi connectivity index (χ0n) is 20.0. The van der Waals surface area contributed by atoms with Crippen molar-refractivity contribution in [2.24, 2.45) is 10.9 Å². The van der Waals surface area contributed by atoms with Crippen molar-refractivity contribution < 1.29 is 9.59 Å². The minimum absolute atomic E-state index is 0.00239. The Morgan fingerprint density at radius 2 is 1.81 bits per heavy atom. The third kappa shape index (κ3) is 5.34. The van der Waals surface area contributed by atoms with Crippen LogP contribution in [0, 0.1) is 12.8 Å². The molecule has 1 atom stereocenters. The molecule has 3 rings (SSSR count). The summed E-state index contributed by atoms with van der Waals surface area (Å²) in [6, 6.07) is 1.17. The molecule has 1 aromatic rings. The van der Waals surface area contributed by atoms with Gasteiger partial charge in [0.15, 0.2) is 5.78 Å². The van der Waals surface area contributed by atoms with Gasteiger partial charge in [-0.3, -0.25) is 14.6 Å². The summed E-state index contributed by atoms with van der Waals surface area (Å²) in [5.41, 5.74) is 3.15. The number of hydrogen-bond donors (Lipinski definition) is 1. The average molecular weight is 524 g/mol. The summed E-state index contributed by atoms with van der Waals surface area (Å²) in [5, 5.41) is 4.15. The summed E-state index contributed by atoms with van der Waals surface area (Å²) in [6.07, 6.45) is 6.30. The number of carbonyl (C=O) groups is 2. The van der Waals surface area contributed by atoms with Gasteiger partial charge in [0, 0.05) is 42.7 Å². The van der Waals surface area contributed by atoms with Crippen LogP contribution in [-0.4, -0.2) is 61.6 Å². The van der Waals surface area contributed by atoms with Crippen molar-refractivity contribution in [1.82, 2.24) is 10.2 Å². The first kappa shape index (κ1) is 25.1. The Kier molecular flexibility index (Phi) is 8.33. The number of carbonyl (C=O) groups excluding carboxylic acids is 2. The molecule has 1 fully saturated rings. The molecule has 2 aliphatic rings. The van der Waals surface area contributed by atoms with E-state index in [1.165, 1.54) is 30.7 Å². The number of allylic oxidation sites excluding steroid dienone is 2.